The van der Waals surface area contributed by atoms with Crippen LogP contribution in [0.4, 0.5) is 0 Å². The number of hydrogen-bond acceptors (Lipinski definition) is 4. The van der Waals surface area contributed by atoms with Crippen LogP contribution in [0.2, 0.25) is 0 Å². The summed E-state index contributed by atoms with van der Waals surface area (Å²) in [6, 6.07) is 6.57. The lowest BCUT2D eigenvalue weighted by Crippen LogP contribution is -2.11. The SMILES string of the molecule is Cc1ccc(S(=O)(=O)OCCn2ccnc2)cc1. The summed E-state index contributed by atoms with van der Waals surface area (Å²) in [5.74, 6) is 0. The normalized spacial score (nSPS) is 11.6. The summed E-state index contributed by atoms with van der Waals surface area (Å²) in [7, 11) is -3.66. The highest BCUT2D eigenvalue weighted by Crippen LogP contribution is 2.13. The van der Waals surface area contributed by atoms with Crippen LogP contribution in [0.15, 0.2) is 47.9 Å². The van der Waals surface area contributed by atoms with Crippen molar-refractivity contribution < 1.29 is 12.6 Å². The van der Waals surface area contributed by atoms with Gasteiger partial charge in [-0.1, -0.05) is 17.7 Å². The van der Waals surface area contributed by atoms with Gasteiger partial charge in [0.25, 0.3) is 10.1 Å². The molecule has 0 N–H and O–H groups in total. The van der Waals surface area contributed by atoms with Crippen molar-refractivity contribution in [3.8, 4) is 0 Å². The first-order valence-corrected chi connectivity index (χ1v) is 6.90. The minimum absolute atomic E-state index is 0.0899. The monoisotopic (exact) mass is 266 g/mol. The minimum Gasteiger partial charge on any atom is -0.335 e. The van der Waals surface area contributed by atoms with Crippen LogP contribution in [0.5, 0.6) is 0 Å². The van der Waals surface area contributed by atoms with E-state index in [0.29, 0.717) is 6.54 Å². The summed E-state index contributed by atoms with van der Waals surface area (Å²) in [6.45, 7) is 2.44. The van der Waals surface area contributed by atoms with Crippen molar-refractivity contribution in [2.75, 3.05) is 6.61 Å². The van der Waals surface area contributed by atoms with E-state index in [1.807, 2.05) is 6.92 Å². The van der Waals surface area contributed by atoms with Crippen molar-refractivity contribution in [3.05, 3.63) is 48.5 Å². The molecule has 0 spiro atoms. The van der Waals surface area contributed by atoms with Gasteiger partial charge in [0.15, 0.2) is 0 Å². The smallest absolute Gasteiger partial charge is 0.297 e. The zero-order chi connectivity index (χ0) is 13.0. The fourth-order valence-corrected chi connectivity index (χ4v) is 2.34. The molecule has 0 amide bonds. The van der Waals surface area contributed by atoms with E-state index >= 15 is 0 Å². The molecule has 0 aliphatic heterocycles. The van der Waals surface area contributed by atoms with E-state index in [1.165, 1.54) is 0 Å². The van der Waals surface area contributed by atoms with Crippen molar-refractivity contribution in [2.45, 2.75) is 18.4 Å². The Morgan fingerprint density at radius 2 is 2.00 bits per heavy atom. The summed E-state index contributed by atoms with van der Waals surface area (Å²) in [4.78, 5) is 4.04. The molecule has 6 heteroatoms. The lowest BCUT2D eigenvalue weighted by Gasteiger charge is -2.06. The maximum atomic E-state index is 11.8. The third-order valence-electron chi connectivity index (χ3n) is 2.46. The first kappa shape index (κ1) is 12.8. The van der Waals surface area contributed by atoms with Gasteiger partial charge in [-0.15, -0.1) is 0 Å². The number of aromatic nitrogens is 2. The minimum atomic E-state index is -3.66. The van der Waals surface area contributed by atoms with Crippen molar-refractivity contribution in [3.63, 3.8) is 0 Å². The number of aryl methyl sites for hydroxylation is 1. The van der Waals surface area contributed by atoms with Gasteiger partial charge in [-0.3, -0.25) is 4.18 Å². The Hall–Kier alpha value is -1.66. The zero-order valence-corrected chi connectivity index (χ0v) is 10.8. The second-order valence-corrected chi connectivity index (χ2v) is 5.51. The summed E-state index contributed by atoms with van der Waals surface area (Å²) in [6.07, 6.45) is 5.00. The Morgan fingerprint density at radius 1 is 1.28 bits per heavy atom. The van der Waals surface area contributed by atoms with Crippen LogP contribution < -0.4 is 0 Å². The van der Waals surface area contributed by atoms with Gasteiger partial charge in [-0.05, 0) is 19.1 Å². The Balaban J connectivity index is 1.97. The number of benzene rings is 1. The van der Waals surface area contributed by atoms with Crippen molar-refractivity contribution in [1.82, 2.24) is 9.55 Å². The molecule has 2 aromatic rings. The maximum absolute atomic E-state index is 11.8. The number of nitrogens with zero attached hydrogens (tertiary/aromatic N) is 2. The molecule has 0 unspecified atom stereocenters. The number of rotatable bonds is 5. The molecule has 5 nitrogen and oxygen atoms in total. The van der Waals surface area contributed by atoms with Gasteiger partial charge < -0.3 is 4.57 Å². The molecule has 0 saturated heterocycles. The molecule has 96 valence electrons. The molecule has 1 heterocycles. The lowest BCUT2D eigenvalue weighted by molar-refractivity contribution is 0.300. The predicted octanol–water partition coefficient (Wildman–Crippen LogP) is 1.60. The third-order valence-corrected chi connectivity index (χ3v) is 3.78. The van der Waals surface area contributed by atoms with E-state index in [0.717, 1.165) is 5.56 Å². The van der Waals surface area contributed by atoms with Crippen molar-refractivity contribution >= 4 is 10.1 Å². The van der Waals surface area contributed by atoms with E-state index in [1.54, 1.807) is 47.6 Å². The van der Waals surface area contributed by atoms with E-state index < -0.39 is 10.1 Å². The standard InChI is InChI=1S/C12H14N2O3S/c1-11-2-4-12(5-3-11)18(15,16)17-9-8-14-7-6-13-10-14/h2-7,10H,8-9H2,1H3. The second kappa shape index (κ2) is 5.32. The van der Waals surface area contributed by atoms with Gasteiger partial charge in [0.2, 0.25) is 0 Å². The number of hydrogen-bond donors (Lipinski definition) is 0. The molecule has 0 radical (unpaired) electrons. The van der Waals surface area contributed by atoms with Gasteiger partial charge >= 0.3 is 0 Å². The molecule has 1 aromatic heterocycles. The largest absolute Gasteiger partial charge is 0.335 e. The topological polar surface area (TPSA) is 61.2 Å². The van der Waals surface area contributed by atoms with Gasteiger partial charge in [0.05, 0.1) is 17.8 Å². The maximum Gasteiger partial charge on any atom is 0.297 e. The first-order chi connectivity index (χ1) is 8.58. The van der Waals surface area contributed by atoms with E-state index in [-0.39, 0.29) is 11.5 Å². The molecule has 0 bridgehead atoms. The summed E-state index contributed by atoms with van der Waals surface area (Å²) < 4.78 is 30.4. The fraction of sp³-hybridized carbons (Fsp3) is 0.250. The van der Waals surface area contributed by atoms with Crippen LogP contribution >= 0.6 is 0 Å². The van der Waals surface area contributed by atoms with Gasteiger partial charge in [-0.25, -0.2) is 4.98 Å². The van der Waals surface area contributed by atoms with Gasteiger partial charge in [0.1, 0.15) is 0 Å². The highest BCUT2D eigenvalue weighted by atomic mass is 32.2. The average molecular weight is 266 g/mol. The van der Waals surface area contributed by atoms with Crippen LogP contribution in [-0.2, 0) is 20.8 Å². The van der Waals surface area contributed by atoms with Crippen molar-refractivity contribution in [2.24, 2.45) is 0 Å². The second-order valence-electron chi connectivity index (χ2n) is 3.89. The first-order valence-electron chi connectivity index (χ1n) is 5.50. The Labute approximate surface area is 106 Å². The van der Waals surface area contributed by atoms with Crippen molar-refractivity contribution in [1.29, 1.82) is 0 Å². The van der Waals surface area contributed by atoms with Crippen LogP contribution in [-0.4, -0.2) is 24.6 Å². The quantitative estimate of drug-likeness (QED) is 0.771. The summed E-state index contributed by atoms with van der Waals surface area (Å²) in [5, 5.41) is 0. The van der Waals surface area contributed by atoms with E-state index in [9.17, 15) is 8.42 Å². The van der Waals surface area contributed by atoms with E-state index in [2.05, 4.69) is 4.98 Å². The molecule has 0 aliphatic rings. The Kier molecular flexibility index (Phi) is 3.78. The van der Waals surface area contributed by atoms with E-state index in [4.69, 9.17) is 4.18 Å². The fourth-order valence-electron chi connectivity index (χ4n) is 1.44. The summed E-state index contributed by atoms with van der Waals surface area (Å²) >= 11 is 0. The Morgan fingerprint density at radius 3 is 2.61 bits per heavy atom. The molecule has 2 rings (SSSR count). The third kappa shape index (κ3) is 3.18. The summed E-state index contributed by atoms with van der Waals surface area (Å²) in [5.41, 5.74) is 1.01. The van der Waals surface area contributed by atoms with Crippen LogP contribution in [0, 0.1) is 6.92 Å². The van der Waals surface area contributed by atoms with Crippen LogP contribution in [0.3, 0.4) is 0 Å². The molecule has 18 heavy (non-hydrogen) atoms. The molecule has 0 atom stereocenters. The average Bonchev–Trinajstić information content (AvgIpc) is 2.82. The lowest BCUT2D eigenvalue weighted by atomic mass is 10.2. The van der Waals surface area contributed by atoms with Gasteiger partial charge in [0, 0.05) is 18.9 Å². The van der Waals surface area contributed by atoms with Gasteiger partial charge in [-0.2, -0.15) is 8.42 Å². The molecular weight excluding hydrogens is 252 g/mol. The molecule has 1 aromatic carbocycles. The molecular formula is C12H14N2O3S. The molecule has 0 fully saturated rings. The highest BCUT2D eigenvalue weighted by molar-refractivity contribution is 7.86. The molecule has 0 saturated carbocycles. The Bertz CT molecular complexity index is 589. The van der Waals surface area contributed by atoms with Crippen LogP contribution in [0.25, 0.3) is 0 Å². The molecule has 0 aliphatic carbocycles. The van der Waals surface area contributed by atoms with Crippen LogP contribution in [0.1, 0.15) is 5.56 Å². The zero-order valence-electron chi connectivity index (χ0n) is 9.98. The number of imidazole rings is 1. The predicted molar refractivity (Wildman–Crippen MR) is 66.5 cm³/mol. The highest BCUT2D eigenvalue weighted by Gasteiger charge is 2.14.